The SMILES string of the molecule is CCSC1=NC(C)(C)NN1c1ccc(NS(=O)(=O)c2ccccc2)cc1. The Labute approximate surface area is 158 Å². The molecule has 2 N–H and O–H groups in total. The van der Waals surface area contributed by atoms with Gasteiger partial charge in [0.1, 0.15) is 5.66 Å². The van der Waals surface area contributed by atoms with Gasteiger partial charge in [-0.25, -0.2) is 18.8 Å². The Morgan fingerprint density at radius 1 is 1.12 bits per heavy atom. The Morgan fingerprint density at radius 2 is 1.77 bits per heavy atom. The van der Waals surface area contributed by atoms with Gasteiger partial charge in [0.25, 0.3) is 10.0 Å². The van der Waals surface area contributed by atoms with Crippen molar-refractivity contribution in [3.05, 3.63) is 54.6 Å². The number of anilines is 2. The van der Waals surface area contributed by atoms with Gasteiger partial charge >= 0.3 is 0 Å². The molecule has 8 heteroatoms. The van der Waals surface area contributed by atoms with E-state index in [2.05, 4.69) is 22.1 Å². The monoisotopic (exact) mass is 390 g/mol. The Bertz CT molecular complexity index is 895. The summed E-state index contributed by atoms with van der Waals surface area (Å²) in [6.45, 7) is 6.09. The van der Waals surface area contributed by atoms with Crippen molar-refractivity contribution in [2.24, 2.45) is 4.99 Å². The van der Waals surface area contributed by atoms with Crippen LogP contribution in [0.3, 0.4) is 0 Å². The van der Waals surface area contributed by atoms with Gasteiger partial charge in [0, 0.05) is 5.69 Å². The molecule has 138 valence electrons. The molecule has 0 amide bonds. The van der Waals surface area contributed by atoms with Crippen LogP contribution >= 0.6 is 11.8 Å². The van der Waals surface area contributed by atoms with Crippen LogP contribution in [0.25, 0.3) is 0 Å². The number of hydrogen-bond donors (Lipinski definition) is 2. The fourth-order valence-electron chi connectivity index (χ4n) is 2.53. The molecule has 0 unspecified atom stereocenters. The summed E-state index contributed by atoms with van der Waals surface area (Å²) in [6.07, 6.45) is 0. The van der Waals surface area contributed by atoms with Gasteiger partial charge in [-0.3, -0.25) is 9.73 Å². The van der Waals surface area contributed by atoms with E-state index in [9.17, 15) is 8.42 Å². The highest BCUT2D eigenvalue weighted by atomic mass is 32.2. The number of hydrazine groups is 1. The number of rotatable bonds is 5. The van der Waals surface area contributed by atoms with E-state index in [1.807, 2.05) is 31.0 Å². The Hall–Kier alpha value is -2.03. The van der Waals surface area contributed by atoms with E-state index in [4.69, 9.17) is 0 Å². The highest BCUT2D eigenvalue weighted by molar-refractivity contribution is 8.14. The molecule has 1 aliphatic rings. The van der Waals surface area contributed by atoms with Crippen LogP contribution in [-0.4, -0.2) is 25.0 Å². The van der Waals surface area contributed by atoms with Crippen molar-refractivity contribution >= 4 is 38.3 Å². The highest BCUT2D eigenvalue weighted by Crippen LogP contribution is 2.28. The van der Waals surface area contributed by atoms with Crippen LogP contribution in [0.5, 0.6) is 0 Å². The van der Waals surface area contributed by atoms with Gasteiger partial charge in [0.15, 0.2) is 5.17 Å². The van der Waals surface area contributed by atoms with Crippen molar-refractivity contribution in [2.45, 2.75) is 31.3 Å². The summed E-state index contributed by atoms with van der Waals surface area (Å²) in [5.41, 5.74) is 4.39. The van der Waals surface area contributed by atoms with Gasteiger partial charge in [-0.05, 0) is 56.0 Å². The number of benzene rings is 2. The Balaban J connectivity index is 1.78. The van der Waals surface area contributed by atoms with Crippen molar-refractivity contribution < 1.29 is 8.42 Å². The molecule has 1 heterocycles. The van der Waals surface area contributed by atoms with Gasteiger partial charge < -0.3 is 0 Å². The van der Waals surface area contributed by atoms with Crippen molar-refractivity contribution in [1.82, 2.24) is 5.43 Å². The van der Waals surface area contributed by atoms with Crippen molar-refractivity contribution in [3.8, 4) is 0 Å². The Kier molecular flexibility index (Phi) is 5.27. The topological polar surface area (TPSA) is 73.8 Å². The van der Waals surface area contributed by atoms with Crippen molar-refractivity contribution in [2.75, 3.05) is 15.5 Å². The molecule has 3 rings (SSSR count). The molecule has 2 aromatic rings. The zero-order valence-electron chi connectivity index (χ0n) is 14.9. The van der Waals surface area contributed by atoms with Gasteiger partial charge in [-0.1, -0.05) is 36.9 Å². The quantitative estimate of drug-likeness (QED) is 0.815. The number of amidine groups is 1. The second-order valence-electron chi connectivity index (χ2n) is 6.30. The molecule has 0 aliphatic carbocycles. The fraction of sp³-hybridized carbons (Fsp3) is 0.278. The first-order valence-corrected chi connectivity index (χ1v) is 10.8. The second-order valence-corrected chi connectivity index (χ2v) is 9.21. The van der Waals surface area contributed by atoms with Crippen LogP contribution in [0.2, 0.25) is 0 Å². The van der Waals surface area contributed by atoms with Gasteiger partial charge in [0.05, 0.1) is 10.6 Å². The van der Waals surface area contributed by atoms with E-state index in [0.717, 1.165) is 16.6 Å². The zero-order chi connectivity index (χ0) is 18.8. The standard InChI is InChI=1S/C18H22N4O2S2/c1-4-25-17-19-18(2,3)21-22(17)15-12-10-14(11-13-15)20-26(23,24)16-8-6-5-7-9-16/h5-13,20-21H,4H2,1-3H3. The van der Waals surface area contributed by atoms with Crippen LogP contribution in [0, 0.1) is 0 Å². The zero-order valence-corrected chi connectivity index (χ0v) is 16.6. The third kappa shape index (κ3) is 4.20. The largest absolute Gasteiger partial charge is 0.280 e. The molecule has 0 spiro atoms. The molecule has 0 saturated heterocycles. The maximum absolute atomic E-state index is 12.4. The van der Waals surface area contributed by atoms with E-state index in [0.29, 0.717) is 5.69 Å². The summed E-state index contributed by atoms with van der Waals surface area (Å²) in [7, 11) is -3.59. The predicted molar refractivity (Wildman–Crippen MR) is 109 cm³/mol. The van der Waals surface area contributed by atoms with Crippen LogP contribution in [0.15, 0.2) is 64.5 Å². The van der Waals surface area contributed by atoms with E-state index in [1.54, 1.807) is 54.2 Å². The molecule has 26 heavy (non-hydrogen) atoms. The molecule has 0 bridgehead atoms. The number of nitrogens with zero attached hydrogens (tertiary/aromatic N) is 2. The van der Waals surface area contributed by atoms with Crippen LogP contribution in [0.1, 0.15) is 20.8 Å². The summed E-state index contributed by atoms with van der Waals surface area (Å²) >= 11 is 1.66. The van der Waals surface area contributed by atoms with Crippen molar-refractivity contribution in [3.63, 3.8) is 0 Å². The smallest absolute Gasteiger partial charge is 0.261 e. The molecule has 2 aromatic carbocycles. The minimum atomic E-state index is -3.59. The molecule has 0 radical (unpaired) electrons. The number of sulfonamides is 1. The van der Waals surface area contributed by atoms with Gasteiger partial charge in [-0.2, -0.15) is 0 Å². The minimum Gasteiger partial charge on any atom is -0.280 e. The van der Waals surface area contributed by atoms with Crippen LogP contribution < -0.4 is 15.2 Å². The van der Waals surface area contributed by atoms with E-state index in [1.165, 1.54) is 0 Å². The lowest BCUT2D eigenvalue weighted by Gasteiger charge is -2.24. The number of aliphatic imine (C=N–C) groups is 1. The summed E-state index contributed by atoms with van der Waals surface area (Å²) in [6, 6.07) is 15.5. The third-order valence-corrected chi connectivity index (χ3v) is 5.87. The summed E-state index contributed by atoms with van der Waals surface area (Å²) in [5, 5.41) is 2.83. The van der Waals surface area contributed by atoms with E-state index >= 15 is 0 Å². The lowest BCUT2D eigenvalue weighted by Crippen LogP contribution is -2.44. The summed E-state index contributed by atoms with van der Waals surface area (Å²) < 4.78 is 27.4. The van der Waals surface area contributed by atoms with Gasteiger partial charge in [0.2, 0.25) is 0 Å². The maximum atomic E-state index is 12.4. The summed E-state index contributed by atoms with van der Waals surface area (Å²) in [5.74, 6) is 0.919. The highest BCUT2D eigenvalue weighted by Gasteiger charge is 2.31. The molecule has 0 aromatic heterocycles. The first-order valence-electron chi connectivity index (χ1n) is 8.29. The average molecular weight is 391 g/mol. The first kappa shape index (κ1) is 18.8. The minimum absolute atomic E-state index is 0.237. The number of thioether (sulfide) groups is 1. The lowest BCUT2D eigenvalue weighted by atomic mass is 10.3. The Morgan fingerprint density at radius 3 is 2.38 bits per heavy atom. The van der Waals surface area contributed by atoms with Crippen LogP contribution in [-0.2, 0) is 10.0 Å². The second kappa shape index (κ2) is 7.30. The normalized spacial score (nSPS) is 16.4. The average Bonchev–Trinajstić information content (AvgIpc) is 2.91. The third-order valence-electron chi connectivity index (χ3n) is 3.66. The van der Waals surface area contributed by atoms with Crippen LogP contribution in [0.4, 0.5) is 11.4 Å². The molecule has 6 nitrogen and oxygen atoms in total. The van der Waals surface area contributed by atoms with Crippen molar-refractivity contribution in [1.29, 1.82) is 0 Å². The predicted octanol–water partition coefficient (Wildman–Crippen LogP) is 3.66. The molecule has 1 aliphatic heterocycles. The number of nitrogens with one attached hydrogen (secondary N) is 2. The molecule has 0 saturated carbocycles. The van der Waals surface area contributed by atoms with E-state index in [-0.39, 0.29) is 10.6 Å². The fourth-order valence-corrected chi connectivity index (χ4v) is 4.44. The lowest BCUT2D eigenvalue weighted by molar-refractivity contribution is 0.448. The maximum Gasteiger partial charge on any atom is 0.261 e. The number of hydrogen-bond acceptors (Lipinski definition) is 6. The molecular formula is C18H22N4O2S2. The molecule has 0 atom stereocenters. The first-order chi connectivity index (χ1) is 12.3. The molecular weight excluding hydrogens is 368 g/mol. The van der Waals surface area contributed by atoms with E-state index < -0.39 is 10.0 Å². The summed E-state index contributed by atoms with van der Waals surface area (Å²) in [4.78, 5) is 4.91. The molecule has 0 fully saturated rings. The van der Waals surface area contributed by atoms with Gasteiger partial charge in [-0.15, -0.1) is 0 Å².